The number of carbonyl (C=O) groups excluding carboxylic acids is 1. The molecular formula is C34H43F17O5Si. The molecule has 0 heterocycles. The van der Waals surface area contributed by atoms with E-state index in [1.54, 1.807) is 26.8 Å². The number of hydrogen-bond donors (Lipinski definition) is 1. The van der Waals surface area contributed by atoms with Crippen molar-refractivity contribution in [1.82, 2.24) is 0 Å². The lowest BCUT2D eigenvalue weighted by Gasteiger charge is -2.44. The first kappa shape index (κ1) is 52.2. The van der Waals surface area contributed by atoms with Crippen LogP contribution in [0.4, 0.5) is 74.6 Å². The molecule has 0 bridgehead atoms. The maximum absolute atomic E-state index is 14.9. The summed E-state index contributed by atoms with van der Waals surface area (Å²) in [6, 6.07) is 4.51. The van der Waals surface area contributed by atoms with Crippen molar-refractivity contribution in [3.05, 3.63) is 41.5 Å². The zero-order valence-corrected chi connectivity index (χ0v) is 32.4. The van der Waals surface area contributed by atoms with Crippen LogP contribution in [0.5, 0.6) is 5.75 Å². The van der Waals surface area contributed by atoms with Crippen LogP contribution in [0.2, 0.25) is 17.1 Å². The van der Waals surface area contributed by atoms with E-state index in [-0.39, 0.29) is 24.9 Å². The minimum Gasteiger partial charge on any atom is -0.491 e. The van der Waals surface area contributed by atoms with Crippen LogP contribution in [0.25, 0.3) is 0 Å². The van der Waals surface area contributed by atoms with Crippen LogP contribution in [-0.4, -0.2) is 86.8 Å². The largest absolute Gasteiger partial charge is 0.491 e. The summed E-state index contributed by atoms with van der Waals surface area (Å²) in [5, 5.41) is 10.7. The van der Waals surface area contributed by atoms with Crippen LogP contribution in [-0.2, 0) is 14.0 Å². The van der Waals surface area contributed by atoms with Gasteiger partial charge in [0.1, 0.15) is 12.4 Å². The van der Waals surface area contributed by atoms with Crippen molar-refractivity contribution in [3.8, 4) is 5.75 Å². The topological polar surface area (TPSA) is 65.0 Å². The van der Waals surface area contributed by atoms with Gasteiger partial charge in [0, 0.05) is 12.0 Å². The molecule has 1 aromatic carbocycles. The Morgan fingerprint density at radius 3 is 1.56 bits per heavy atom. The summed E-state index contributed by atoms with van der Waals surface area (Å²) in [7, 11) is -3.94. The average molecular weight is 883 g/mol. The van der Waals surface area contributed by atoms with Crippen LogP contribution < -0.4 is 4.74 Å². The van der Waals surface area contributed by atoms with Gasteiger partial charge in [-0.1, -0.05) is 52.8 Å². The lowest BCUT2D eigenvalue weighted by molar-refractivity contribution is -0.461. The summed E-state index contributed by atoms with van der Waals surface area (Å²) in [5.41, 5.74) is -0.917. The summed E-state index contributed by atoms with van der Waals surface area (Å²) in [6.07, 6.45) is -9.45. The predicted molar refractivity (Wildman–Crippen MR) is 173 cm³/mol. The minimum atomic E-state index is -8.68. The maximum atomic E-state index is 14.9. The fourth-order valence-corrected chi connectivity index (χ4v) is 10.1. The zero-order valence-electron chi connectivity index (χ0n) is 31.4. The monoisotopic (exact) mass is 882 g/mol. The molecule has 0 radical (unpaired) electrons. The molecular weight excluding hydrogens is 839 g/mol. The summed E-state index contributed by atoms with van der Waals surface area (Å²) in [6.45, 7) is 9.54. The van der Waals surface area contributed by atoms with E-state index in [0.717, 1.165) is 0 Å². The maximum Gasteiger partial charge on any atom is 0.460 e. The summed E-state index contributed by atoms with van der Waals surface area (Å²) in [5.74, 6) is -57.4. The first-order chi connectivity index (χ1) is 25.5. The molecule has 1 N–H and O–H groups in total. The second-order valence-corrected chi connectivity index (χ2v) is 19.0. The number of hydrogen-bond acceptors (Lipinski definition) is 5. The molecule has 0 spiro atoms. The van der Waals surface area contributed by atoms with Crippen molar-refractivity contribution < 1.29 is 98.4 Å². The van der Waals surface area contributed by atoms with Crippen molar-refractivity contribution in [2.45, 2.75) is 132 Å². The number of halogens is 17. The number of ether oxygens (including phenoxy) is 2. The Bertz CT molecular complexity index is 1490. The van der Waals surface area contributed by atoms with Crippen molar-refractivity contribution in [2.24, 2.45) is 5.92 Å². The Kier molecular flexibility index (Phi) is 16.7. The van der Waals surface area contributed by atoms with Gasteiger partial charge >= 0.3 is 53.6 Å². The van der Waals surface area contributed by atoms with Gasteiger partial charge in [-0.05, 0) is 61.0 Å². The Hall–Kier alpha value is -2.82. The molecule has 0 fully saturated rings. The van der Waals surface area contributed by atoms with Gasteiger partial charge in [0.2, 0.25) is 0 Å². The van der Waals surface area contributed by atoms with Gasteiger partial charge in [0.25, 0.3) is 0 Å². The van der Waals surface area contributed by atoms with Crippen LogP contribution in [0.3, 0.4) is 0 Å². The molecule has 332 valence electrons. The molecule has 0 amide bonds. The lowest BCUT2D eigenvalue weighted by Crippen LogP contribution is -2.74. The Labute approximate surface area is 318 Å². The van der Waals surface area contributed by atoms with Gasteiger partial charge in [-0.3, -0.25) is 0 Å². The molecule has 0 aromatic heterocycles. The third-order valence-corrected chi connectivity index (χ3v) is 15.1. The van der Waals surface area contributed by atoms with E-state index >= 15 is 0 Å². The number of esters is 1. The van der Waals surface area contributed by atoms with E-state index in [0.29, 0.717) is 17.6 Å². The van der Waals surface area contributed by atoms with Gasteiger partial charge in [-0.15, -0.1) is 0 Å². The Balaban J connectivity index is 3.18. The fourth-order valence-electron chi connectivity index (χ4n) is 5.66. The number of aliphatic hydroxyl groups excluding tert-OH is 1. The molecule has 1 aromatic rings. The van der Waals surface area contributed by atoms with E-state index in [1.165, 1.54) is 52.0 Å². The molecule has 2 atom stereocenters. The molecule has 0 aliphatic heterocycles. The highest BCUT2D eigenvalue weighted by molar-refractivity contribution is 6.76. The van der Waals surface area contributed by atoms with Crippen molar-refractivity contribution in [3.63, 3.8) is 0 Å². The second-order valence-electron chi connectivity index (χ2n) is 13.9. The standard InChI is InChI=1S/C34H43F17O5Si/c1-8-54-26(53)22(7)10-9-21(6)25(52)23-11-13-24(14-12-23)55-16-17-56-57(19(2)3,20(4)5)18-15-27(35,36)28(37,38)29(39,40)30(41,42)31(43,44)32(45,46)33(47,48)34(49,50)51/h10-14,19-21,25,52H,8-9,15-18H2,1-7H3/b22-10+/t21-,25+/m0/s1. The van der Waals surface area contributed by atoms with E-state index in [2.05, 4.69) is 0 Å². The fraction of sp³-hybridized carbons (Fsp3) is 0.735. The van der Waals surface area contributed by atoms with Gasteiger partial charge in [-0.2, -0.15) is 74.6 Å². The molecule has 0 saturated carbocycles. The highest BCUT2D eigenvalue weighted by Gasteiger charge is 2.95. The van der Waals surface area contributed by atoms with Crippen LogP contribution in [0.1, 0.15) is 73.0 Å². The smallest absolute Gasteiger partial charge is 0.460 e. The number of rotatable bonds is 22. The second kappa shape index (κ2) is 18.2. The molecule has 0 saturated heterocycles. The van der Waals surface area contributed by atoms with E-state index in [4.69, 9.17) is 13.9 Å². The number of carbonyl (C=O) groups is 1. The van der Waals surface area contributed by atoms with Crippen LogP contribution in [0.15, 0.2) is 35.9 Å². The first-order valence-corrected chi connectivity index (χ1v) is 19.4. The van der Waals surface area contributed by atoms with E-state index < -0.39 is 98.2 Å². The number of aliphatic hydroxyl groups is 1. The highest BCUT2D eigenvalue weighted by atomic mass is 28.4. The molecule has 0 aliphatic carbocycles. The normalized spacial score (nSPS) is 15.9. The Morgan fingerprint density at radius 1 is 0.702 bits per heavy atom. The molecule has 0 aliphatic rings. The van der Waals surface area contributed by atoms with E-state index in [9.17, 15) is 84.5 Å². The number of benzene rings is 1. The predicted octanol–water partition coefficient (Wildman–Crippen LogP) is 11.8. The number of alkyl halides is 17. The van der Waals surface area contributed by atoms with Crippen LogP contribution >= 0.6 is 0 Å². The molecule has 23 heteroatoms. The summed E-state index contributed by atoms with van der Waals surface area (Å²) in [4.78, 5) is 11.8. The van der Waals surface area contributed by atoms with Gasteiger partial charge < -0.3 is 19.0 Å². The van der Waals surface area contributed by atoms with Gasteiger partial charge in [-0.25, -0.2) is 4.79 Å². The quantitative estimate of drug-likeness (QED) is 0.0413. The van der Waals surface area contributed by atoms with Crippen molar-refractivity contribution in [2.75, 3.05) is 19.8 Å². The first-order valence-electron chi connectivity index (χ1n) is 17.1. The lowest BCUT2D eigenvalue weighted by atomic mass is 9.88. The SMILES string of the molecule is CCOC(=O)/C(C)=C/C[C@H](C)[C@@H](O)c1ccc(OCCO[Si](CCC(F)(F)C(F)(F)C(F)(F)C(F)(F)C(F)(F)C(F)(F)C(F)(F)C(F)(F)F)(C(C)C)C(C)C)cc1. The molecule has 1 rings (SSSR count). The molecule has 57 heavy (non-hydrogen) atoms. The zero-order chi connectivity index (χ0) is 45.0. The van der Waals surface area contributed by atoms with Gasteiger partial charge in [0.15, 0.2) is 8.32 Å². The van der Waals surface area contributed by atoms with Crippen molar-refractivity contribution >= 4 is 14.3 Å². The third kappa shape index (κ3) is 10.1. The van der Waals surface area contributed by atoms with Crippen LogP contribution in [0, 0.1) is 5.92 Å². The summed E-state index contributed by atoms with van der Waals surface area (Å²) < 4.78 is 250. The third-order valence-electron chi connectivity index (χ3n) is 9.45. The minimum absolute atomic E-state index is 0.173. The summed E-state index contributed by atoms with van der Waals surface area (Å²) >= 11 is 0. The molecule has 5 nitrogen and oxygen atoms in total. The number of allylic oxidation sites excluding steroid dienone is 1. The van der Waals surface area contributed by atoms with Crippen molar-refractivity contribution in [1.29, 1.82) is 0 Å². The van der Waals surface area contributed by atoms with E-state index in [1.807, 2.05) is 0 Å². The average Bonchev–Trinajstić information content (AvgIpc) is 3.08. The van der Waals surface area contributed by atoms with Gasteiger partial charge in [0.05, 0.1) is 19.3 Å². The highest BCUT2D eigenvalue weighted by Crippen LogP contribution is 2.64. The Morgan fingerprint density at radius 2 is 1.14 bits per heavy atom. The molecule has 0 unspecified atom stereocenters.